The van der Waals surface area contributed by atoms with Crippen molar-refractivity contribution in [3.8, 4) is 5.75 Å². The largest absolute Gasteiger partial charge is 0.480 e. The van der Waals surface area contributed by atoms with Gasteiger partial charge in [-0.05, 0) is 25.3 Å². The summed E-state index contributed by atoms with van der Waals surface area (Å²) in [5.74, 6) is 0.332. The van der Waals surface area contributed by atoms with Crippen LogP contribution in [0, 0.1) is 0 Å². The van der Waals surface area contributed by atoms with Gasteiger partial charge >= 0.3 is 0 Å². The first-order valence-corrected chi connectivity index (χ1v) is 6.48. The van der Waals surface area contributed by atoms with Crippen molar-refractivity contribution in [2.75, 3.05) is 0 Å². The Morgan fingerprint density at radius 1 is 1.50 bits per heavy atom. The van der Waals surface area contributed by atoms with Gasteiger partial charge in [0.1, 0.15) is 5.75 Å². The highest BCUT2D eigenvalue weighted by molar-refractivity contribution is 5.79. The summed E-state index contributed by atoms with van der Waals surface area (Å²) in [5, 5.41) is 3.44. The average Bonchev–Trinajstić information content (AvgIpc) is 3.18. The van der Waals surface area contributed by atoms with Gasteiger partial charge in [-0.2, -0.15) is 0 Å². The zero-order valence-electron chi connectivity index (χ0n) is 10.7. The van der Waals surface area contributed by atoms with Crippen LogP contribution in [0.3, 0.4) is 0 Å². The second kappa shape index (κ2) is 5.87. The molecule has 0 saturated heterocycles. The van der Waals surface area contributed by atoms with E-state index < -0.39 is 12.0 Å². The highest BCUT2D eigenvalue weighted by Crippen LogP contribution is 2.23. The molecule has 98 valence electrons. The van der Waals surface area contributed by atoms with Gasteiger partial charge in [-0.3, -0.25) is 4.79 Å². The number of primary amides is 1. The lowest BCUT2D eigenvalue weighted by Crippen LogP contribution is -2.33. The van der Waals surface area contributed by atoms with E-state index in [4.69, 9.17) is 10.5 Å². The molecule has 1 aromatic carbocycles. The molecule has 0 aliphatic heterocycles. The fourth-order valence-corrected chi connectivity index (χ4v) is 1.80. The van der Waals surface area contributed by atoms with Crippen molar-refractivity contribution in [3.05, 3.63) is 29.8 Å². The summed E-state index contributed by atoms with van der Waals surface area (Å²) in [6, 6.07) is 8.43. The summed E-state index contributed by atoms with van der Waals surface area (Å²) >= 11 is 0. The van der Waals surface area contributed by atoms with E-state index in [1.54, 1.807) is 0 Å². The Labute approximate surface area is 108 Å². The van der Waals surface area contributed by atoms with Crippen LogP contribution < -0.4 is 15.8 Å². The van der Waals surface area contributed by atoms with Crippen LogP contribution in [-0.4, -0.2) is 18.1 Å². The molecule has 18 heavy (non-hydrogen) atoms. The maximum atomic E-state index is 11.2. The number of nitrogens with one attached hydrogen (secondary N) is 1. The maximum Gasteiger partial charge on any atom is 0.258 e. The third-order valence-corrected chi connectivity index (χ3v) is 3.09. The lowest BCUT2D eigenvalue weighted by atomic mass is 10.2. The van der Waals surface area contributed by atoms with E-state index in [1.807, 2.05) is 31.2 Å². The zero-order valence-corrected chi connectivity index (χ0v) is 10.7. The predicted molar refractivity (Wildman–Crippen MR) is 70.2 cm³/mol. The minimum absolute atomic E-state index is 0.414. The molecule has 1 fully saturated rings. The monoisotopic (exact) mass is 248 g/mol. The first kappa shape index (κ1) is 12.9. The molecule has 1 unspecified atom stereocenters. The van der Waals surface area contributed by atoms with Crippen molar-refractivity contribution >= 4 is 5.91 Å². The van der Waals surface area contributed by atoms with E-state index in [2.05, 4.69) is 5.32 Å². The Bertz CT molecular complexity index is 416. The minimum atomic E-state index is -0.549. The Morgan fingerprint density at radius 3 is 2.83 bits per heavy atom. The van der Waals surface area contributed by atoms with Crippen molar-refractivity contribution in [1.29, 1.82) is 0 Å². The fourth-order valence-electron chi connectivity index (χ4n) is 1.80. The van der Waals surface area contributed by atoms with Gasteiger partial charge in [0, 0.05) is 18.2 Å². The molecule has 1 amide bonds. The maximum absolute atomic E-state index is 11.2. The molecule has 1 aromatic rings. The number of hydrogen-bond donors (Lipinski definition) is 2. The Balaban J connectivity index is 2.02. The summed E-state index contributed by atoms with van der Waals surface area (Å²) in [6.07, 6.45) is 2.54. The highest BCUT2D eigenvalue weighted by atomic mass is 16.5. The van der Waals surface area contributed by atoms with Gasteiger partial charge in [-0.25, -0.2) is 0 Å². The van der Waals surface area contributed by atoms with E-state index in [-0.39, 0.29) is 0 Å². The van der Waals surface area contributed by atoms with Crippen LogP contribution in [0.15, 0.2) is 24.3 Å². The molecule has 0 radical (unpaired) electrons. The summed E-state index contributed by atoms with van der Waals surface area (Å²) in [5.41, 5.74) is 6.37. The van der Waals surface area contributed by atoms with Crippen LogP contribution in [0.4, 0.5) is 0 Å². The molecule has 4 nitrogen and oxygen atoms in total. The molecule has 1 saturated carbocycles. The van der Waals surface area contributed by atoms with Crippen LogP contribution >= 0.6 is 0 Å². The number of para-hydroxylation sites is 1. The third kappa shape index (κ3) is 3.47. The van der Waals surface area contributed by atoms with Gasteiger partial charge in [0.2, 0.25) is 0 Å². The van der Waals surface area contributed by atoms with E-state index in [0.29, 0.717) is 12.5 Å². The molecule has 0 bridgehead atoms. The number of amides is 1. The lowest BCUT2D eigenvalue weighted by Gasteiger charge is -2.17. The molecule has 1 aliphatic rings. The van der Waals surface area contributed by atoms with Crippen molar-refractivity contribution in [1.82, 2.24) is 5.32 Å². The quantitative estimate of drug-likeness (QED) is 0.770. The zero-order chi connectivity index (χ0) is 13.0. The number of carbonyl (C=O) groups is 1. The normalized spacial score (nSPS) is 16.3. The first-order valence-electron chi connectivity index (χ1n) is 6.48. The average molecular weight is 248 g/mol. The topological polar surface area (TPSA) is 64.3 Å². The minimum Gasteiger partial charge on any atom is -0.480 e. The molecule has 3 N–H and O–H groups in total. The number of rotatable bonds is 7. The van der Waals surface area contributed by atoms with Gasteiger partial charge in [0.25, 0.3) is 5.91 Å². The molecule has 4 heteroatoms. The number of carbonyl (C=O) groups excluding carboxylic acids is 1. The number of hydrogen-bond acceptors (Lipinski definition) is 3. The van der Waals surface area contributed by atoms with Crippen molar-refractivity contribution in [2.45, 2.75) is 44.9 Å². The standard InChI is InChI=1S/C14H20N2O2/c1-2-12(14(15)17)18-13-6-4-3-5-10(13)9-16-11-7-8-11/h3-6,11-12,16H,2,7-9H2,1H3,(H2,15,17). The van der Waals surface area contributed by atoms with E-state index in [0.717, 1.165) is 17.9 Å². The van der Waals surface area contributed by atoms with E-state index >= 15 is 0 Å². The van der Waals surface area contributed by atoms with Crippen LogP contribution in [-0.2, 0) is 11.3 Å². The Kier molecular flexibility index (Phi) is 4.20. The molecule has 1 aliphatic carbocycles. The summed E-state index contributed by atoms with van der Waals surface area (Å²) in [4.78, 5) is 11.2. The van der Waals surface area contributed by atoms with Crippen molar-refractivity contribution < 1.29 is 9.53 Å². The fraction of sp³-hybridized carbons (Fsp3) is 0.500. The van der Waals surface area contributed by atoms with Crippen LogP contribution in [0.1, 0.15) is 31.7 Å². The molecule has 0 spiro atoms. The van der Waals surface area contributed by atoms with Gasteiger partial charge in [-0.15, -0.1) is 0 Å². The third-order valence-electron chi connectivity index (χ3n) is 3.09. The molecule has 1 atom stereocenters. The number of ether oxygens (including phenoxy) is 1. The first-order chi connectivity index (χ1) is 8.70. The predicted octanol–water partition coefficient (Wildman–Crippen LogP) is 1.58. The molecule has 0 heterocycles. The second-order valence-electron chi connectivity index (χ2n) is 4.68. The molecule has 0 aromatic heterocycles. The Hall–Kier alpha value is -1.55. The SMILES string of the molecule is CCC(Oc1ccccc1CNC1CC1)C(N)=O. The summed E-state index contributed by atoms with van der Waals surface area (Å²) in [6.45, 7) is 2.66. The van der Waals surface area contributed by atoms with Gasteiger partial charge < -0.3 is 15.8 Å². The van der Waals surface area contributed by atoms with E-state index in [1.165, 1.54) is 12.8 Å². The van der Waals surface area contributed by atoms with Gasteiger partial charge in [0.15, 0.2) is 6.10 Å². The molecular formula is C14H20N2O2. The molecular weight excluding hydrogens is 228 g/mol. The van der Waals surface area contributed by atoms with Crippen LogP contribution in [0.25, 0.3) is 0 Å². The lowest BCUT2D eigenvalue weighted by molar-refractivity contribution is -0.124. The summed E-state index contributed by atoms with van der Waals surface area (Å²) < 4.78 is 5.69. The Morgan fingerprint density at radius 2 is 2.22 bits per heavy atom. The summed E-state index contributed by atoms with van der Waals surface area (Å²) in [7, 11) is 0. The number of nitrogens with two attached hydrogens (primary N) is 1. The van der Waals surface area contributed by atoms with Crippen LogP contribution in [0.5, 0.6) is 5.75 Å². The van der Waals surface area contributed by atoms with Gasteiger partial charge in [-0.1, -0.05) is 25.1 Å². The second-order valence-corrected chi connectivity index (χ2v) is 4.68. The number of benzene rings is 1. The molecule has 2 rings (SSSR count). The van der Waals surface area contributed by atoms with Gasteiger partial charge in [0.05, 0.1) is 0 Å². The smallest absolute Gasteiger partial charge is 0.258 e. The van der Waals surface area contributed by atoms with E-state index in [9.17, 15) is 4.79 Å². The highest BCUT2D eigenvalue weighted by Gasteiger charge is 2.21. The van der Waals surface area contributed by atoms with Crippen molar-refractivity contribution in [2.24, 2.45) is 5.73 Å². The van der Waals surface area contributed by atoms with Crippen LogP contribution in [0.2, 0.25) is 0 Å². The van der Waals surface area contributed by atoms with Crippen molar-refractivity contribution in [3.63, 3.8) is 0 Å².